The van der Waals surface area contributed by atoms with Crippen molar-refractivity contribution >= 4 is 27.5 Å². The van der Waals surface area contributed by atoms with Crippen LogP contribution >= 0.6 is 11.6 Å². The zero-order valence-corrected chi connectivity index (χ0v) is 15.2. The van der Waals surface area contributed by atoms with E-state index in [0.29, 0.717) is 6.54 Å². The Morgan fingerprint density at radius 1 is 1.42 bits per heavy atom. The molecule has 1 aromatic carbocycles. The van der Waals surface area contributed by atoms with Crippen LogP contribution in [0.25, 0.3) is 0 Å². The molecule has 0 unspecified atom stereocenters. The SMILES string of the molecule is C=CCNC(=O)c1ccc(Cl)c(S(=O)(=O)N2C[C@@H](C)O[C@@H](C)C2)c1. The molecule has 1 N–H and O–H groups in total. The van der Waals surface area contributed by atoms with E-state index in [-0.39, 0.29) is 46.7 Å². The Morgan fingerprint density at radius 3 is 2.62 bits per heavy atom. The summed E-state index contributed by atoms with van der Waals surface area (Å²) in [4.78, 5) is 12.0. The molecule has 0 aliphatic carbocycles. The van der Waals surface area contributed by atoms with Gasteiger partial charge in [0, 0.05) is 25.2 Å². The quantitative estimate of drug-likeness (QED) is 0.802. The molecule has 1 aliphatic rings. The van der Waals surface area contributed by atoms with Crippen molar-refractivity contribution in [3.8, 4) is 0 Å². The maximum atomic E-state index is 12.9. The van der Waals surface area contributed by atoms with Crippen LogP contribution in [0.1, 0.15) is 24.2 Å². The number of sulfonamides is 1. The van der Waals surface area contributed by atoms with E-state index in [9.17, 15) is 13.2 Å². The molecule has 132 valence electrons. The predicted molar refractivity (Wildman–Crippen MR) is 92.8 cm³/mol. The van der Waals surface area contributed by atoms with Crippen LogP contribution < -0.4 is 5.32 Å². The number of benzene rings is 1. The molecule has 1 fully saturated rings. The number of amides is 1. The number of nitrogens with zero attached hydrogens (tertiary/aromatic N) is 1. The summed E-state index contributed by atoms with van der Waals surface area (Å²) in [6.07, 6.45) is 1.13. The predicted octanol–water partition coefficient (Wildman–Crippen LogP) is 2.05. The number of carbonyl (C=O) groups is 1. The fourth-order valence-corrected chi connectivity index (χ4v) is 4.67. The maximum Gasteiger partial charge on any atom is 0.251 e. The van der Waals surface area contributed by atoms with Gasteiger partial charge in [-0.25, -0.2) is 8.42 Å². The van der Waals surface area contributed by atoms with E-state index >= 15 is 0 Å². The van der Waals surface area contributed by atoms with Crippen molar-refractivity contribution in [1.29, 1.82) is 0 Å². The van der Waals surface area contributed by atoms with Gasteiger partial charge in [-0.15, -0.1) is 6.58 Å². The molecule has 2 rings (SSSR count). The normalized spacial score (nSPS) is 22.1. The summed E-state index contributed by atoms with van der Waals surface area (Å²) in [6, 6.07) is 4.22. The van der Waals surface area contributed by atoms with Gasteiger partial charge in [0.2, 0.25) is 10.0 Å². The van der Waals surface area contributed by atoms with E-state index < -0.39 is 10.0 Å². The number of nitrogens with one attached hydrogen (secondary N) is 1. The van der Waals surface area contributed by atoms with Gasteiger partial charge in [-0.1, -0.05) is 17.7 Å². The molecule has 24 heavy (non-hydrogen) atoms. The van der Waals surface area contributed by atoms with E-state index in [1.165, 1.54) is 22.5 Å². The van der Waals surface area contributed by atoms with Crippen molar-refractivity contribution in [3.63, 3.8) is 0 Å². The summed E-state index contributed by atoms with van der Waals surface area (Å²) in [5.41, 5.74) is 0.231. The molecular weight excluding hydrogens is 352 g/mol. The monoisotopic (exact) mass is 372 g/mol. The lowest BCUT2D eigenvalue weighted by molar-refractivity contribution is -0.0440. The number of hydrogen-bond acceptors (Lipinski definition) is 4. The van der Waals surface area contributed by atoms with Gasteiger partial charge in [0.15, 0.2) is 0 Å². The van der Waals surface area contributed by atoms with E-state index in [2.05, 4.69) is 11.9 Å². The average molecular weight is 373 g/mol. The van der Waals surface area contributed by atoms with Gasteiger partial charge in [-0.05, 0) is 32.0 Å². The topological polar surface area (TPSA) is 75.7 Å². The first kappa shape index (κ1) is 18.9. The number of ether oxygens (including phenoxy) is 1. The molecule has 0 bridgehead atoms. The number of carbonyl (C=O) groups excluding carboxylic acids is 1. The van der Waals surface area contributed by atoms with Crippen LogP contribution in [0, 0.1) is 0 Å². The lowest BCUT2D eigenvalue weighted by Crippen LogP contribution is -2.48. The summed E-state index contributed by atoms with van der Waals surface area (Å²) in [6.45, 7) is 7.94. The highest BCUT2D eigenvalue weighted by Gasteiger charge is 2.33. The first-order chi connectivity index (χ1) is 11.3. The molecule has 0 saturated carbocycles. The van der Waals surface area contributed by atoms with Crippen LogP contribution in [0.3, 0.4) is 0 Å². The third-order valence-electron chi connectivity index (χ3n) is 3.60. The fourth-order valence-electron chi connectivity index (χ4n) is 2.58. The number of rotatable bonds is 5. The van der Waals surface area contributed by atoms with Crippen molar-refractivity contribution in [1.82, 2.24) is 9.62 Å². The number of hydrogen-bond donors (Lipinski definition) is 1. The Morgan fingerprint density at radius 2 is 2.04 bits per heavy atom. The Labute approximate surface area is 147 Å². The minimum Gasteiger partial charge on any atom is -0.373 e. The third kappa shape index (κ3) is 4.16. The van der Waals surface area contributed by atoms with Gasteiger partial charge in [0.1, 0.15) is 4.90 Å². The summed E-state index contributed by atoms with van der Waals surface area (Å²) in [5.74, 6) is -0.383. The van der Waals surface area contributed by atoms with Gasteiger partial charge in [0.25, 0.3) is 5.91 Å². The molecule has 6 nitrogen and oxygen atoms in total. The van der Waals surface area contributed by atoms with Crippen LogP contribution in [0.5, 0.6) is 0 Å². The Balaban J connectivity index is 2.35. The molecule has 0 aromatic heterocycles. The van der Waals surface area contributed by atoms with Crippen molar-refractivity contribution < 1.29 is 17.9 Å². The molecule has 1 aliphatic heterocycles. The number of halogens is 1. The van der Waals surface area contributed by atoms with Crippen molar-refractivity contribution in [2.75, 3.05) is 19.6 Å². The van der Waals surface area contributed by atoms with E-state index in [4.69, 9.17) is 16.3 Å². The van der Waals surface area contributed by atoms with Crippen LogP contribution in [0.15, 0.2) is 35.7 Å². The molecule has 0 spiro atoms. The van der Waals surface area contributed by atoms with Crippen LogP contribution in [0.4, 0.5) is 0 Å². The Hall–Kier alpha value is -1.41. The number of morpholine rings is 1. The van der Waals surface area contributed by atoms with Crippen molar-refractivity contribution in [2.45, 2.75) is 31.0 Å². The van der Waals surface area contributed by atoms with Crippen LogP contribution in [-0.4, -0.2) is 50.5 Å². The van der Waals surface area contributed by atoms with Gasteiger partial charge < -0.3 is 10.1 Å². The second-order valence-corrected chi connectivity index (χ2v) is 8.04. The van der Waals surface area contributed by atoms with Crippen molar-refractivity contribution in [3.05, 3.63) is 41.4 Å². The molecule has 1 amide bonds. The summed E-state index contributed by atoms with van der Waals surface area (Å²) < 4.78 is 32.8. The summed E-state index contributed by atoms with van der Waals surface area (Å²) in [7, 11) is -3.81. The second kappa shape index (κ2) is 7.65. The largest absolute Gasteiger partial charge is 0.373 e. The minimum atomic E-state index is -3.81. The highest BCUT2D eigenvalue weighted by atomic mass is 35.5. The van der Waals surface area contributed by atoms with Gasteiger partial charge >= 0.3 is 0 Å². The Kier molecular flexibility index (Phi) is 6.03. The zero-order chi connectivity index (χ0) is 17.9. The molecular formula is C16H21ClN2O4S. The fraction of sp³-hybridized carbons (Fsp3) is 0.438. The lowest BCUT2D eigenvalue weighted by atomic mass is 10.2. The average Bonchev–Trinajstić information content (AvgIpc) is 2.51. The first-order valence-electron chi connectivity index (χ1n) is 7.60. The van der Waals surface area contributed by atoms with Gasteiger partial charge in [-0.2, -0.15) is 4.31 Å². The van der Waals surface area contributed by atoms with E-state index in [1.807, 2.05) is 13.8 Å². The Bertz CT molecular complexity index is 726. The summed E-state index contributed by atoms with van der Waals surface area (Å²) in [5, 5.41) is 2.70. The molecule has 0 radical (unpaired) electrons. The van der Waals surface area contributed by atoms with Crippen LogP contribution in [0.2, 0.25) is 5.02 Å². The summed E-state index contributed by atoms with van der Waals surface area (Å²) >= 11 is 6.10. The molecule has 1 heterocycles. The van der Waals surface area contributed by atoms with Gasteiger partial charge in [0.05, 0.1) is 17.2 Å². The van der Waals surface area contributed by atoms with E-state index in [1.54, 1.807) is 6.08 Å². The molecule has 1 saturated heterocycles. The maximum absolute atomic E-state index is 12.9. The van der Waals surface area contributed by atoms with Crippen molar-refractivity contribution in [2.24, 2.45) is 0 Å². The second-order valence-electron chi connectivity index (χ2n) is 5.72. The third-order valence-corrected chi connectivity index (χ3v) is 5.92. The van der Waals surface area contributed by atoms with Crippen LogP contribution in [-0.2, 0) is 14.8 Å². The lowest BCUT2D eigenvalue weighted by Gasteiger charge is -2.34. The first-order valence-corrected chi connectivity index (χ1v) is 9.41. The highest BCUT2D eigenvalue weighted by Crippen LogP contribution is 2.28. The molecule has 1 aromatic rings. The smallest absolute Gasteiger partial charge is 0.251 e. The standard InChI is InChI=1S/C16H21ClN2O4S/c1-4-7-18-16(20)13-5-6-14(17)15(8-13)24(21,22)19-9-11(2)23-12(3)10-19/h4-6,8,11-12H,1,7,9-10H2,2-3H3,(H,18,20)/t11-,12+. The zero-order valence-electron chi connectivity index (χ0n) is 13.7. The molecule has 8 heteroatoms. The minimum absolute atomic E-state index is 0.0725. The van der Waals surface area contributed by atoms with E-state index in [0.717, 1.165) is 0 Å². The highest BCUT2D eigenvalue weighted by molar-refractivity contribution is 7.89. The molecule has 2 atom stereocenters. The van der Waals surface area contributed by atoms with Gasteiger partial charge in [-0.3, -0.25) is 4.79 Å².